The van der Waals surface area contributed by atoms with Crippen LogP contribution in [0, 0.1) is 11.8 Å². The van der Waals surface area contributed by atoms with Gasteiger partial charge in [0.1, 0.15) is 0 Å². The van der Waals surface area contributed by atoms with Crippen molar-refractivity contribution < 1.29 is 13.5 Å². The van der Waals surface area contributed by atoms with Gasteiger partial charge in [-0.15, -0.1) is 0 Å². The van der Waals surface area contributed by atoms with Gasteiger partial charge in [-0.05, 0) is 39.0 Å². The molecule has 0 aromatic rings. The zero-order valence-corrected chi connectivity index (χ0v) is 11.3. The van der Waals surface area contributed by atoms with Crippen LogP contribution in [-0.2, 0) is 9.84 Å². The molecule has 0 aliphatic carbocycles. The first-order chi connectivity index (χ1) is 6.62. The lowest BCUT2D eigenvalue weighted by molar-refractivity contribution is 0.186. The van der Waals surface area contributed by atoms with E-state index in [9.17, 15) is 8.42 Å². The predicted octanol–water partition coefficient (Wildman–Crippen LogP) is 1.85. The van der Waals surface area contributed by atoms with E-state index in [-0.39, 0.29) is 18.3 Å². The maximum atomic E-state index is 11.8. The lowest BCUT2D eigenvalue weighted by Crippen LogP contribution is -2.32. The molecule has 0 radical (unpaired) electrons. The molecule has 0 aromatic heterocycles. The molecule has 4 heteroatoms. The second-order valence-corrected chi connectivity index (χ2v) is 8.27. The standard InChI is InChI=1S/C11H24O3S/c1-9(2)10(8-12)6-7-15(13,14)11(3,4)5/h9-10,12H,6-8H2,1-5H3. The quantitative estimate of drug-likeness (QED) is 0.792. The summed E-state index contributed by atoms with van der Waals surface area (Å²) in [7, 11) is -3.05. The van der Waals surface area contributed by atoms with Gasteiger partial charge in [0.25, 0.3) is 0 Å². The largest absolute Gasteiger partial charge is 0.396 e. The van der Waals surface area contributed by atoms with Crippen LogP contribution in [-0.4, -0.2) is 30.6 Å². The molecule has 1 N–H and O–H groups in total. The SMILES string of the molecule is CC(C)C(CO)CCS(=O)(=O)C(C)(C)C. The number of sulfone groups is 1. The molecule has 0 aliphatic rings. The van der Waals surface area contributed by atoms with E-state index in [0.29, 0.717) is 12.3 Å². The lowest BCUT2D eigenvalue weighted by atomic mass is 9.94. The van der Waals surface area contributed by atoms with Gasteiger partial charge >= 0.3 is 0 Å². The summed E-state index contributed by atoms with van der Waals surface area (Å²) >= 11 is 0. The molecule has 0 aromatic carbocycles. The fraction of sp³-hybridized carbons (Fsp3) is 1.00. The molecule has 0 spiro atoms. The minimum atomic E-state index is -3.05. The van der Waals surface area contributed by atoms with Crippen molar-refractivity contribution in [3.63, 3.8) is 0 Å². The van der Waals surface area contributed by atoms with Crippen molar-refractivity contribution in [2.24, 2.45) is 11.8 Å². The highest BCUT2D eigenvalue weighted by atomic mass is 32.2. The maximum absolute atomic E-state index is 11.8. The van der Waals surface area contributed by atoms with Crippen LogP contribution in [0.3, 0.4) is 0 Å². The van der Waals surface area contributed by atoms with Crippen LogP contribution in [0.25, 0.3) is 0 Å². The first-order valence-electron chi connectivity index (χ1n) is 5.45. The van der Waals surface area contributed by atoms with E-state index in [1.54, 1.807) is 20.8 Å². The van der Waals surface area contributed by atoms with Gasteiger partial charge in [0, 0.05) is 6.61 Å². The van der Waals surface area contributed by atoms with Gasteiger partial charge in [0.2, 0.25) is 0 Å². The highest BCUT2D eigenvalue weighted by Crippen LogP contribution is 2.21. The molecule has 0 bridgehead atoms. The molecule has 92 valence electrons. The molecule has 0 aliphatic heterocycles. The van der Waals surface area contributed by atoms with Crippen LogP contribution in [0.2, 0.25) is 0 Å². The Morgan fingerprint density at radius 1 is 1.20 bits per heavy atom. The molecule has 0 saturated heterocycles. The number of aliphatic hydroxyl groups excluding tert-OH is 1. The number of hydrogen-bond donors (Lipinski definition) is 1. The Morgan fingerprint density at radius 3 is 1.93 bits per heavy atom. The lowest BCUT2D eigenvalue weighted by Gasteiger charge is -2.22. The van der Waals surface area contributed by atoms with E-state index in [1.807, 2.05) is 13.8 Å². The van der Waals surface area contributed by atoms with Gasteiger partial charge in [0.05, 0.1) is 10.5 Å². The third-order valence-corrected chi connectivity index (χ3v) is 5.51. The number of aliphatic hydroxyl groups is 1. The molecular weight excluding hydrogens is 212 g/mol. The summed E-state index contributed by atoms with van der Waals surface area (Å²) in [5.74, 6) is 0.576. The van der Waals surface area contributed by atoms with Crippen LogP contribution in [0.15, 0.2) is 0 Å². The van der Waals surface area contributed by atoms with Gasteiger partial charge < -0.3 is 5.11 Å². The molecule has 3 nitrogen and oxygen atoms in total. The predicted molar refractivity (Wildman–Crippen MR) is 63.6 cm³/mol. The smallest absolute Gasteiger partial charge is 0.155 e. The Labute approximate surface area is 93.8 Å². The third kappa shape index (κ3) is 4.51. The van der Waals surface area contributed by atoms with E-state index in [1.165, 1.54) is 0 Å². The highest BCUT2D eigenvalue weighted by molar-refractivity contribution is 7.92. The Hall–Kier alpha value is -0.0900. The minimum absolute atomic E-state index is 0.0668. The molecule has 0 heterocycles. The molecular formula is C11H24O3S. The van der Waals surface area contributed by atoms with Crippen LogP contribution in [0.4, 0.5) is 0 Å². The molecule has 1 unspecified atom stereocenters. The van der Waals surface area contributed by atoms with Gasteiger partial charge in [-0.2, -0.15) is 0 Å². The Balaban J connectivity index is 4.39. The van der Waals surface area contributed by atoms with Crippen molar-refractivity contribution in [1.82, 2.24) is 0 Å². The Morgan fingerprint density at radius 2 is 1.67 bits per heavy atom. The zero-order valence-electron chi connectivity index (χ0n) is 10.4. The van der Waals surface area contributed by atoms with Crippen LogP contribution < -0.4 is 0 Å². The summed E-state index contributed by atoms with van der Waals surface area (Å²) in [5.41, 5.74) is 0. The Bertz CT molecular complexity index is 273. The van der Waals surface area contributed by atoms with Crippen molar-refractivity contribution >= 4 is 9.84 Å². The normalized spacial score (nSPS) is 15.7. The van der Waals surface area contributed by atoms with Crippen molar-refractivity contribution in [2.75, 3.05) is 12.4 Å². The third-order valence-electron chi connectivity index (χ3n) is 2.87. The molecule has 0 fully saturated rings. The Kier molecular flexibility index (Phi) is 5.27. The fourth-order valence-corrected chi connectivity index (χ4v) is 2.47. The van der Waals surface area contributed by atoms with Crippen molar-refractivity contribution in [3.8, 4) is 0 Å². The average Bonchev–Trinajstić information content (AvgIpc) is 2.02. The van der Waals surface area contributed by atoms with Gasteiger partial charge in [-0.1, -0.05) is 13.8 Å². The van der Waals surface area contributed by atoms with Crippen molar-refractivity contribution in [3.05, 3.63) is 0 Å². The van der Waals surface area contributed by atoms with Gasteiger partial charge in [0.15, 0.2) is 9.84 Å². The van der Waals surface area contributed by atoms with Crippen LogP contribution >= 0.6 is 0 Å². The summed E-state index contributed by atoms with van der Waals surface area (Å²) in [6.07, 6.45) is 0.549. The highest BCUT2D eigenvalue weighted by Gasteiger charge is 2.29. The first-order valence-corrected chi connectivity index (χ1v) is 7.10. The molecule has 0 rings (SSSR count). The molecule has 0 amide bonds. The number of hydrogen-bond acceptors (Lipinski definition) is 3. The van der Waals surface area contributed by atoms with Gasteiger partial charge in [-0.3, -0.25) is 0 Å². The second kappa shape index (κ2) is 5.30. The fourth-order valence-electron chi connectivity index (χ4n) is 1.25. The first kappa shape index (κ1) is 14.9. The van der Waals surface area contributed by atoms with Crippen LogP contribution in [0.1, 0.15) is 41.0 Å². The summed E-state index contributed by atoms with van der Waals surface area (Å²) < 4.78 is 22.9. The topological polar surface area (TPSA) is 54.4 Å². The summed E-state index contributed by atoms with van der Waals surface area (Å²) in [4.78, 5) is 0. The van der Waals surface area contributed by atoms with E-state index in [0.717, 1.165) is 0 Å². The van der Waals surface area contributed by atoms with E-state index < -0.39 is 14.6 Å². The summed E-state index contributed by atoms with van der Waals surface area (Å²) in [5, 5.41) is 9.10. The van der Waals surface area contributed by atoms with E-state index >= 15 is 0 Å². The minimum Gasteiger partial charge on any atom is -0.396 e. The molecule has 1 atom stereocenters. The molecule has 0 saturated carbocycles. The summed E-state index contributed by atoms with van der Waals surface area (Å²) in [6.45, 7) is 9.22. The molecule has 15 heavy (non-hydrogen) atoms. The van der Waals surface area contributed by atoms with E-state index in [2.05, 4.69) is 0 Å². The van der Waals surface area contributed by atoms with Crippen LogP contribution in [0.5, 0.6) is 0 Å². The van der Waals surface area contributed by atoms with Gasteiger partial charge in [-0.25, -0.2) is 8.42 Å². The monoisotopic (exact) mass is 236 g/mol. The van der Waals surface area contributed by atoms with E-state index in [4.69, 9.17) is 5.11 Å². The van der Waals surface area contributed by atoms with Crippen molar-refractivity contribution in [2.45, 2.75) is 45.8 Å². The average molecular weight is 236 g/mol. The van der Waals surface area contributed by atoms with Crippen molar-refractivity contribution in [1.29, 1.82) is 0 Å². The summed E-state index contributed by atoms with van der Waals surface area (Å²) in [6, 6.07) is 0. The second-order valence-electron chi connectivity index (χ2n) is 5.41. The maximum Gasteiger partial charge on any atom is 0.155 e. The zero-order chi connectivity index (χ0) is 12.3. The number of rotatable bonds is 5.